The minimum atomic E-state index is 0.578. The van der Waals surface area contributed by atoms with Crippen LogP contribution in [0.15, 0.2) is 23.3 Å². The summed E-state index contributed by atoms with van der Waals surface area (Å²) in [5.74, 6) is 0.782. The van der Waals surface area contributed by atoms with E-state index in [0.29, 0.717) is 5.41 Å². The first-order valence-corrected chi connectivity index (χ1v) is 6.36. The summed E-state index contributed by atoms with van der Waals surface area (Å²) in [6.07, 6.45) is 8.09. The van der Waals surface area contributed by atoms with Gasteiger partial charge in [0.1, 0.15) is 0 Å². The molecule has 2 fully saturated rings. The van der Waals surface area contributed by atoms with Gasteiger partial charge in [0.15, 0.2) is 0 Å². The maximum atomic E-state index is 4.31. The maximum Gasteiger partial charge on any atom is -0.0114 e. The molecule has 0 heterocycles. The molecule has 0 aliphatic heterocycles. The van der Waals surface area contributed by atoms with Gasteiger partial charge in [0.25, 0.3) is 0 Å². The Morgan fingerprint density at radius 1 is 1.27 bits per heavy atom. The Bertz CT molecular complexity index is 304. The van der Waals surface area contributed by atoms with Crippen LogP contribution < -0.4 is 0 Å². The molecule has 0 saturated heterocycles. The van der Waals surface area contributed by atoms with Crippen molar-refractivity contribution in [1.82, 2.24) is 0 Å². The van der Waals surface area contributed by atoms with Gasteiger partial charge in [-0.1, -0.05) is 30.2 Å². The van der Waals surface area contributed by atoms with Crippen LogP contribution in [-0.4, -0.2) is 0 Å². The fourth-order valence-electron chi connectivity index (χ4n) is 3.49. The van der Waals surface area contributed by atoms with E-state index >= 15 is 0 Å². The second kappa shape index (κ2) is 3.81. The number of hydrogen-bond acceptors (Lipinski definition) is 0. The topological polar surface area (TPSA) is 0 Å². The highest BCUT2D eigenvalue weighted by Gasteiger charge is 2.41. The molecule has 0 aromatic carbocycles. The smallest absolute Gasteiger partial charge is 0.0114 e. The maximum absolute atomic E-state index is 4.31. The predicted octanol–water partition coefficient (Wildman–Crippen LogP) is 4.87. The van der Waals surface area contributed by atoms with Crippen molar-refractivity contribution in [3.05, 3.63) is 23.3 Å². The molecule has 0 N–H and O–H groups in total. The zero-order chi connectivity index (χ0) is 11.1. The lowest BCUT2D eigenvalue weighted by Crippen LogP contribution is -2.35. The quantitative estimate of drug-likeness (QED) is 0.494. The molecular formula is C15H24. The van der Waals surface area contributed by atoms with Crippen LogP contribution in [0.25, 0.3) is 0 Å². The first kappa shape index (κ1) is 11.0. The first-order valence-electron chi connectivity index (χ1n) is 6.36. The minimum absolute atomic E-state index is 0.578. The lowest BCUT2D eigenvalue weighted by molar-refractivity contribution is 0.127. The van der Waals surface area contributed by atoms with Crippen LogP contribution in [0.2, 0.25) is 0 Å². The van der Waals surface area contributed by atoms with Crippen LogP contribution in [0.4, 0.5) is 0 Å². The van der Waals surface area contributed by atoms with E-state index in [9.17, 15) is 0 Å². The Hall–Kier alpha value is -0.520. The molecule has 0 aromatic heterocycles. The van der Waals surface area contributed by atoms with Crippen molar-refractivity contribution < 1.29 is 0 Å². The second-order valence-electron chi connectivity index (χ2n) is 6.03. The molecule has 0 amide bonds. The monoisotopic (exact) mass is 204 g/mol. The van der Waals surface area contributed by atoms with E-state index in [1.807, 2.05) is 0 Å². The highest BCUT2D eigenvalue weighted by Crippen LogP contribution is 2.53. The van der Waals surface area contributed by atoms with Crippen LogP contribution in [0.3, 0.4) is 0 Å². The summed E-state index contributed by atoms with van der Waals surface area (Å²) < 4.78 is 0. The summed E-state index contributed by atoms with van der Waals surface area (Å²) in [5.41, 5.74) is 5.37. The third-order valence-corrected chi connectivity index (χ3v) is 4.74. The van der Waals surface area contributed by atoms with Gasteiger partial charge in [0.05, 0.1) is 0 Å². The van der Waals surface area contributed by atoms with Crippen molar-refractivity contribution in [3.8, 4) is 0 Å². The number of hydrogen-bond donors (Lipinski definition) is 0. The van der Waals surface area contributed by atoms with Gasteiger partial charge >= 0.3 is 0 Å². The lowest BCUT2D eigenvalue weighted by Gasteiger charge is -2.47. The van der Waals surface area contributed by atoms with Crippen LogP contribution >= 0.6 is 0 Å². The molecule has 2 rings (SSSR count). The zero-order valence-electron chi connectivity index (χ0n) is 10.5. The molecule has 0 spiro atoms. The van der Waals surface area contributed by atoms with Crippen molar-refractivity contribution >= 4 is 0 Å². The molecule has 0 radical (unpaired) electrons. The summed E-state index contributed by atoms with van der Waals surface area (Å²) in [6, 6.07) is 0. The molecule has 2 saturated carbocycles. The number of rotatable bonds is 0. The third kappa shape index (κ3) is 1.91. The van der Waals surface area contributed by atoms with Crippen LogP contribution in [0.1, 0.15) is 59.3 Å². The van der Waals surface area contributed by atoms with E-state index in [-0.39, 0.29) is 0 Å². The van der Waals surface area contributed by atoms with E-state index in [2.05, 4.69) is 27.4 Å². The average molecular weight is 204 g/mol. The summed E-state index contributed by atoms with van der Waals surface area (Å²) in [5, 5.41) is 0. The summed E-state index contributed by atoms with van der Waals surface area (Å²) in [4.78, 5) is 0. The highest BCUT2D eigenvalue weighted by atomic mass is 14.5. The Morgan fingerprint density at radius 3 is 2.67 bits per heavy atom. The summed E-state index contributed by atoms with van der Waals surface area (Å²) in [7, 11) is 0. The van der Waals surface area contributed by atoms with Gasteiger partial charge < -0.3 is 0 Å². The second-order valence-corrected chi connectivity index (χ2v) is 6.03. The molecule has 0 heteroatoms. The molecule has 2 aliphatic carbocycles. The zero-order valence-corrected chi connectivity index (χ0v) is 10.5. The van der Waals surface area contributed by atoms with Gasteiger partial charge in [-0.2, -0.15) is 0 Å². The molecule has 0 bridgehead atoms. The summed E-state index contributed by atoms with van der Waals surface area (Å²) >= 11 is 0. The predicted molar refractivity (Wildman–Crippen MR) is 66.8 cm³/mol. The molecule has 2 atom stereocenters. The van der Waals surface area contributed by atoms with E-state index < -0.39 is 0 Å². The first-order chi connectivity index (χ1) is 7.03. The third-order valence-electron chi connectivity index (χ3n) is 4.74. The highest BCUT2D eigenvalue weighted by molar-refractivity contribution is 5.22. The van der Waals surface area contributed by atoms with Crippen molar-refractivity contribution in [2.24, 2.45) is 11.3 Å². The molecule has 2 aliphatic rings. The molecular weight excluding hydrogens is 180 g/mol. The van der Waals surface area contributed by atoms with Crippen molar-refractivity contribution in [1.29, 1.82) is 0 Å². The minimum Gasteiger partial charge on any atom is -0.0995 e. The van der Waals surface area contributed by atoms with Gasteiger partial charge in [-0.25, -0.2) is 0 Å². The SMILES string of the molecule is C=C1CCC[C@]2(C)CCC(=C(C)C)CC12. The summed E-state index contributed by atoms with van der Waals surface area (Å²) in [6.45, 7) is 11.3. The molecule has 84 valence electrons. The Labute approximate surface area is 94.5 Å². The fraction of sp³-hybridized carbons (Fsp3) is 0.733. The number of allylic oxidation sites excluding steroid dienone is 3. The van der Waals surface area contributed by atoms with Crippen LogP contribution in [-0.2, 0) is 0 Å². The Balaban J connectivity index is 2.23. The van der Waals surface area contributed by atoms with Gasteiger partial charge in [-0.15, -0.1) is 0 Å². The normalized spacial score (nSPS) is 36.3. The standard InChI is InChI=1S/C15H24/c1-11(2)13-7-9-15(4)8-5-6-12(3)14(15)10-13/h14H,3,5-10H2,1-2,4H3/t14?,15-/m1/s1. The average Bonchev–Trinajstić information content (AvgIpc) is 2.17. The van der Waals surface area contributed by atoms with E-state index in [1.54, 1.807) is 11.1 Å². The lowest BCUT2D eigenvalue weighted by atomic mass is 9.58. The van der Waals surface area contributed by atoms with Gasteiger partial charge in [0.2, 0.25) is 0 Å². The van der Waals surface area contributed by atoms with Gasteiger partial charge in [-0.05, 0) is 63.7 Å². The van der Waals surface area contributed by atoms with E-state index in [1.165, 1.54) is 44.1 Å². The van der Waals surface area contributed by atoms with Crippen molar-refractivity contribution in [2.75, 3.05) is 0 Å². The molecule has 1 unspecified atom stereocenters. The van der Waals surface area contributed by atoms with Crippen molar-refractivity contribution in [2.45, 2.75) is 59.3 Å². The van der Waals surface area contributed by atoms with Crippen LogP contribution in [0, 0.1) is 11.3 Å². The Morgan fingerprint density at radius 2 is 2.00 bits per heavy atom. The largest absolute Gasteiger partial charge is 0.0995 e. The van der Waals surface area contributed by atoms with E-state index in [0.717, 1.165) is 5.92 Å². The van der Waals surface area contributed by atoms with Crippen molar-refractivity contribution in [3.63, 3.8) is 0 Å². The van der Waals surface area contributed by atoms with Gasteiger partial charge in [0, 0.05) is 0 Å². The fourth-order valence-corrected chi connectivity index (χ4v) is 3.49. The van der Waals surface area contributed by atoms with Crippen LogP contribution in [0.5, 0.6) is 0 Å². The molecule has 15 heavy (non-hydrogen) atoms. The molecule has 0 aromatic rings. The van der Waals surface area contributed by atoms with E-state index in [4.69, 9.17) is 0 Å². The number of fused-ring (bicyclic) bond motifs is 1. The Kier molecular flexibility index (Phi) is 2.79. The van der Waals surface area contributed by atoms with Gasteiger partial charge in [-0.3, -0.25) is 0 Å². The molecule has 0 nitrogen and oxygen atoms in total.